The third kappa shape index (κ3) is 4.89. The van der Waals surface area contributed by atoms with E-state index in [0.717, 1.165) is 4.68 Å². The van der Waals surface area contributed by atoms with E-state index in [9.17, 15) is 18.8 Å². The molecule has 0 radical (unpaired) electrons. The number of rotatable bonds is 5. The van der Waals surface area contributed by atoms with Gasteiger partial charge in [-0.1, -0.05) is 0 Å². The van der Waals surface area contributed by atoms with E-state index in [1.807, 2.05) is 0 Å². The summed E-state index contributed by atoms with van der Waals surface area (Å²) in [5.74, 6) is -1.95. The van der Waals surface area contributed by atoms with E-state index in [1.165, 1.54) is 17.2 Å². The summed E-state index contributed by atoms with van der Waals surface area (Å²) in [4.78, 5) is 40.1. The van der Waals surface area contributed by atoms with Gasteiger partial charge in [-0.2, -0.15) is 5.10 Å². The number of carbonyl (C=O) groups is 3. The van der Waals surface area contributed by atoms with Crippen LogP contribution in [0.1, 0.15) is 46.6 Å². The topological polar surface area (TPSA) is 90.7 Å². The van der Waals surface area contributed by atoms with Gasteiger partial charge in [-0.3, -0.25) is 9.69 Å². The Morgan fingerprint density at radius 3 is 2.68 bits per heavy atom. The summed E-state index contributed by atoms with van der Waals surface area (Å²) in [6.45, 7) is 7.23. The highest BCUT2D eigenvalue weighted by Gasteiger charge is 2.43. The molecule has 0 saturated carbocycles. The molecule has 0 N–H and O–H groups in total. The molecular weight excluding hydrogens is 473 g/mol. The van der Waals surface area contributed by atoms with Gasteiger partial charge in [0.25, 0.3) is 0 Å². The zero-order chi connectivity index (χ0) is 22.9. The number of amides is 1. The number of carbonyl (C=O) groups excluding carboxylic acids is 3. The van der Waals surface area contributed by atoms with Gasteiger partial charge in [0.2, 0.25) is 6.04 Å². The highest BCUT2D eigenvalue weighted by atomic mass is 79.9. The largest absolute Gasteiger partial charge is 0.464 e. The Hall–Kier alpha value is -2.49. The van der Waals surface area contributed by atoms with E-state index in [-0.39, 0.29) is 16.6 Å². The van der Waals surface area contributed by atoms with Gasteiger partial charge in [-0.15, -0.1) is 0 Å². The quantitative estimate of drug-likeness (QED) is 0.457. The molecule has 1 amide bonds. The van der Waals surface area contributed by atoms with Crippen molar-refractivity contribution in [1.29, 1.82) is 0 Å². The van der Waals surface area contributed by atoms with Crippen LogP contribution in [0.2, 0.25) is 0 Å². The van der Waals surface area contributed by atoms with Crippen LogP contribution in [0.3, 0.4) is 0 Å². The van der Waals surface area contributed by atoms with Crippen LogP contribution in [0.15, 0.2) is 22.8 Å². The van der Waals surface area contributed by atoms with Crippen molar-refractivity contribution in [2.45, 2.75) is 58.2 Å². The normalized spacial score (nSPS) is 17.6. The molecule has 31 heavy (non-hydrogen) atoms. The highest BCUT2D eigenvalue weighted by Crippen LogP contribution is 2.29. The second-order valence-corrected chi connectivity index (χ2v) is 9.15. The number of ether oxygens (including phenoxy) is 2. The predicted molar refractivity (Wildman–Crippen MR) is 114 cm³/mol. The molecule has 0 spiro atoms. The van der Waals surface area contributed by atoms with Gasteiger partial charge in [0.05, 0.1) is 17.1 Å². The number of halogens is 2. The van der Waals surface area contributed by atoms with Gasteiger partial charge in [0.15, 0.2) is 11.6 Å². The van der Waals surface area contributed by atoms with Crippen molar-refractivity contribution in [3.05, 3.63) is 28.6 Å². The number of nitrogens with zero attached hydrogens (tertiary/aromatic N) is 3. The van der Waals surface area contributed by atoms with Gasteiger partial charge >= 0.3 is 12.1 Å². The lowest BCUT2D eigenvalue weighted by molar-refractivity contribution is -0.152. The summed E-state index contributed by atoms with van der Waals surface area (Å²) < 4.78 is 26.3. The number of hydrogen-bond donors (Lipinski definition) is 0. The molecule has 1 unspecified atom stereocenters. The third-order valence-corrected chi connectivity index (χ3v) is 5.45. The van der Waals surface area contributed by atoms with Crippen molar-refractivity contribution in [2.24, 2.45) is 0 Å². The van der Waals surface area contributed by atoms with E-state index in [4.69, 9.17) is 9.47 Å². The van der Waals surface area contributed by atoms with E-state index >= 15 is 0 Å². The van der Waals surface area contributed by atoms with Crippen molar-refractivity contribution >= 4 is 44.7 Å². The summed E-state index contributed by atoms with van der Waals surface area (Å²) in [6.07, 6.45) is 1.78. The van der Waals surface area contributed by atoms with Crippen molar-refractivity contribution in [3.8, 4) is 0 Å². The maximum absolute atomic E-state index is 14.5. The lowest BCUT2D eigenvalue weighted by Gasteiger charge is -2.29. The number of benzene rings is 1. The maximum Gasteiger partial charge on any atom is 0.410 e. The van der Waals surface area contributed by atoms with Crippen molar-refractivity contribution in [3.63, 3.8) is 0 Å². The Morgan fingerprint density at radius 2 is 2.03 bits per heavy atom. The molecular formula is C21H25BrFN3O5. The van der Waals surface area contributed by atoms with Crippen molar-refractivity contribution < 1.29 is 28.2 Å². The number of ketones is 1. The molecule has 1 aliphatic rings. The lowest BCUT2D eigenvalue weighted by Crippen LogP contribution is -2.47. The molecule has 168 valence electrons. The summed E-state index contributed by atoms with van der Waals surface area (Å²) in [5.41, 5.74) is -0.704. The SMILES string of the molecule is CCOC(=O)C(C(=O)[C@@H]1CCCN1C(=O)OC(C)(C)C)n1cc2ccc(Br)c(F)c2n1. The smallest absolute Gasteiger partial charge is 0.410 e. The van der Waals surface area contributed by atoms with Gasteiger partial charge < -0.3 is 9.47 Å². The van der Waals surface area contributed by atoms with E-state index in [1.54, 1.807) is 33.8 Å². The van der Waals surface area contributed by atoms with Crippen LogP contribution >= 0.6 is 15.9 Å². The molecule has 1 saturated heterocycles. The average molecular weight is 498 g/mol. The first-order valence-corrected chi connectivity index (χ1v) is 10.9. The minimum atomic E-state index is -1.45. The minimum absolute atomic E-state index is 0.0203. The first-order valence-electron chi connectivity index (χ1n) is 10.1. The summed E-state index contributed by atoms with van der Waals surface area (Å²) in [5, 5.41) is 4.58. The van der Waals surface area contributed by atoms with E-state index < -0.39 is 41.3 Å². The van der Waals surface area contributed by atoms with Crippen LogP contribution in [-0.2, 0) is 19.1 Å². The first-order chi connectivity index (χ1) is 14.5. The van der Waals surface area contributed by atoms with Gasteiger partial charge in [-0.05, 0) is 68.6 Å². The molecule has 1 aromatic heterocycles. The molecule has 0 aliphatic carbocycles. The fourth-order valence-electron chi connectivity index (χ4n) is 3.54. The summed E-state index contributed by atoms with van der Waals surface area (Å²) in [6, 6.07) is 0.833. The van der Waals surface area contributed by atoms with Gasteiger partial charge in [0, 0.05) is 18.1 Å². The molecule has 2 atom stereocenters. The molecule has 0 bridgehead atoms. The zero-order valence-electron chi connectivity index (χ0n) is 17.9. The summed E-state index contributed by atoms with van der Waals surface area (Å²) in [7, 11) is 0. The molecule has 2 aromatic rings. The predicted octanol–water partition coefficient (Wildman–Crippen LogP) is 4.01. The monoisotopic (exact) mass is 497 g/mol. The Bertz CT molecular complexity index is 1020. The Morgan fingerprint density at radius 1 is 1.32 bits per heavy atom. The van der Waals surface area contributed by atoms with Crippen LogP contribution in [-0.4, -0.2) is 57.3 Å². The first kappa shape index (κ1) is 23.2. The molecule has 8 nitrogen and oxygen atoms in total. The van der Waals surface area contributed by atoms with Crippen LogP contribution in [0.4, 0.5) is 9.18 Å². The highest BCUT2D eigenvalue weighted by molar-refractivity contribution is 9.10. The molecule has 2 heterocycles. The van der Waals surface area contributed by atoms with E-state index in [0.29, 0.717) is 24.8 Å². The molecule has 1 fully saturated rings. The third-order valence-electron chi connectivity index (χ3n) is 4.84. The number of hydrogen-bond acceptors (Lipinski definition) is 6. The average Bonchev–Trinajstić information content (AvgIpc) is 3.31. The Balaban J connectivity index is 1.97. The molecule has 10 heteroatoms. The summed E-state index contributed by atoms with van der Waals surface area (Å²) >= 11 is 3.11. The fourth-order valence-corrected chi connectivity index (χ4v) is 3.86. The minimum Gasteiger partial charge on any atom is -0.464 e. The molecule has 1 aromatic carbocycles. The van der Waals surface area contributed by atoms with Gasteiger partial charge in [0.1, 0.15) is 11.1 Å². The van der Waals surface area contributed by atoms with Crippen LogP contribution in [0.25, 0.3) is 10.9 Å². The number of aromatic nitrogens is 2. The fraction of sp³-hybridized carbons (Fsp3) is 0.524. The second kappa shape index (κ2) is 8.94. The molecule has 1 aliphatic heterocycles. The standard InChI is InChI=1S/C21H25BrFN3O5/c1-5-30-19(28)17(26-11-12-8-9-13(22)15(23)16(12)24-26)18(27)14-7-6-10-25(14)20(29)31-21(2,3)4/h8-9,11,14,17H,5-7,10H2,1-4H3/t14-,17?/m0/s1. The number of esters is 1. The Labute approximate surface area is 187 Å². The van der Waals surface area contributed by atoms with Crippen molar-refractivity contribution in [2.75, 3.05) is 13.2 Å². The number of fused-ring (bicyclic) bond motifs is 1. The van der Waals surface area contributed by atoms with E-state index in [2.05, 4.69) is 21.0 Å². The lowest BCUT2D eigenvalue weighted by atomic mass is 10.0. The van der Waals surface area contributed by atoms with Crippen LogP contribution in [0, 0.1) is 5.82 Å². The number of likely N-dealkylation sites (tertiary alicyclic amines) is 1. The van der Waals surface area contributed by atoms with Crippen molar-refractivity contribution in [1.82, 2.24) is 14.7 Å². The van der Waals surface area contributed by atoms with Crippen LogP contribution in [0.5, 0.6) is 0 Å². The maximum atomic E-state index is 14.5. The zero-order valence-corrected chi connectivity index (χ0v) is 19.4. The van der Waals surface area contributed by atoms with Crippen LogP contribution < -0.4 is 0 Å². The number of Topliss-reactive ketones (excluding diaryl/α,β-unsaturated/α-hetero) is 1. The van der Waals surface area contributed by atoms with Gasteiger partial charge in [-0.25, -0.2) is 18.7 Å². The second-order valence-electron chi connectivity index (χ2n) is 8.30. The Kier molecular flexibility index (Phi) is 6.68. The molecule has 3 rings (SSSR count).